The molecular formula is C14H21ClFN3O3S. The van der Waals surface area contributed by atoms with Crippen molar-refractivity contribution in [3.63, 3.8) is 0 Å². The van der Waals surface area contributed by atoms with Gasteiger partial charge >= 0.3 is 0 Å². The van der Waals surface area contributed by atoms with Crippen molar-refractivity contribution in [2.24, 2.45) is 5.73 Å². The minimum Gasteiger partial charge on any atom is -0.343 e. The third-order valence-corrected chi connectivity index (χ3v) is 5.14. The van der Waals surface area contributed by atoms with E-state index < -0.39 is 20.7 Å². The summed E-state index contributed by atoms with van der Waals surface area (Å²) >= 11 is 0. The van der Waals surface area contributed by atoms with E-state index >= 15 is 0 Å². The Bertz CT molecular complexity index is 634. The highest BCUT2D eigenvalue weighted by molar-refractivity contribution is 7.89. The molecule has 1 saturated heterocycles. The highest BCUT2D eigenvalue weighted by Crippen LogP contribution is 2.13. The van der Waals surface area contributed by atoms with E-state index in [-0.39, 0.29) is 37.3 Å². The Morgan fingerprint density at radius 1 is 1.30 bits per heavy atom. The lowest BCUT2D eigenvalue weighted by atomic mass is 10.1. The van der Waals surface area contributed by atoms with Gasteiger partial charge in [0.2, 0.25) is 15.9 Å². The molecule has 0 atom stereocenters. The molecule has 130 valence electrons. The van der Waals surface area contributed by atoms with E-state index in [1.54, 1.807) is 4.90 Å². The van der Waals surface area contributed by atoms with Gasteiger partial charge in [0.15, 0.2) is 0 Å². The molecule has 1 aliphatic rings. The van der Waals surface area contributed by atoms with Crippen molar-refractivity contribution >= 4 is 28.3 Å². The fraction of sp³-hybridized carbons (Fsp3) is 0.500. The molecule has 23 heavy (non-hydrogen) atoms. The summed E-state index contributed by atoms with van der Waals surface area (Å²) in [5.41, 5.74) is 5.77. The third-order valence-electron chi connectivity index (χ3n) is 3.65. The van der Waals surface area contributed by atoms with E-state index in [2.05, 4.69) is 4.72 Å². The maximum Gasteiger partial charge on any atom is 0.243 e. The SMILES string of the molecule is Cl.NC1CCN(C(=O)CCNS(=O)(=O)c2ccccc2F)CC1. The molecule has 3 N–H and O–H groups in total. The Hall–Kier alpha value is -1.22. The third kappa shape index (κ3) is 5.42. The average Bonchev–Trinajstić information content (AvgIpc) is 2.48. The zero-order valence-corrected chi connectivity index (χ0v) is 14.2. The Kier molecular flexibility index (Phi) is 7.40. The summed E-state index contributed by atoms with van der Waals surface area (Å²) in [6.45, 7) is 1.14. The number of hydrogen-bond donors (Lipinski definition) is 2. The van der Waals surface area contributed by atoms with Crippen molar-refractivity contribution in [2.45, 2.75) is 30.2 Å². The molecule has 1 fully saturated rings. The largest absolute Gasteiger partial charge is 0.343 e. The van der Waals surface area contributed by atoms with Crippen molar-refractivity contribution in [2.75, 3.05) is 19.6 Å². The first-order valence-electron chi connectivity index (χ1n) is 7.18. The molecule has 6 nitrogen and oxygen atoms in total. The standard InChI is InChI=1S/C14H20FN3O3S.ClH/c15-12-3-1-2-4-13(12)22(20,21)17-8-5-14(19)18-9-6-11(16)7-10-18;/h1-4,11,17H,5-10,16H2;1H. The van der Waals surface area contributed by atoms with Crippen LogP contribution in [0.1, 0.15) is 19.3 Å². The van der Waals surface area contributed by atoms with Crippen LogP contribution in [0.5, 0.6) is 0 Å². The second kappa shape index (κ2) is 8.58. The van der Waals surface area contributed by atoms with Crippen LogP contribution in [0.3, 0.4) is 0 Å². The monoisotopic (exact) mass is 365 g/mol. The number of amides is 1. The highest BCUT2D eigenvalue weighted by Gasteiger charge is 2.22. The molecular weight excluding hydrogens is 345 g/mol. The number of carbonyl (C=O) groups is 1. The fourth-order valence-electron chi connectivity index (χ4n) is 2.34. The van der Waals surface area contributed by atoms with Gasteiger partial charge < -0.3 is 10.6 Å². The maximum absolute atomic E-state index is 13.5. The number of rotatable bonds is 5. The second-order valence-corrected chi connectivity index (χ2v) is 7.03. The summed E-state index contributed by atoms with van der Waals surface area (Å²) in [6.07, 6.45) is 1.56. The van der Waals surface area contributed by atoms with Crippen LogP contribution in [0.4, 0.5) is 4.39 Å². The molecule has 0 aromatic heterocycles. The number of nitrogens with two attached hydrogens (primary N) is 1. The normalized spacial score (nSPS) is 16.0. The zero-order valence-electron chi connectivity index (χ0n) is 12.6. The molecule has 9 heteroatoms. The average molecular weight is 366 g/mol. The molecule has 1 aromatic rings. The second-order valence-electron chi connectivity index (χ2n) is 5.30. The summed E-state index contributed by atoms with van der Waals surface area (Å²) in [7, 11) is -3.94. The van der Waals surface area contributed by atoms with Crippen LogP contribution in [0.25, 0.3) is 0 Å². The van der Waals surface area contributed by atoms with Gasteiger partial charge in [-0.3, -0.25) is 4.79 Å². The fourth-order valence-corrected chi connectivity index (χ4v) is 3.45. The number of nitrogens with zero attached hydrogens (tertiary/aromatic N) is 1. The summed E-state index contributed by atoms with van der Waals surface area (Å²) in [5.74, 6) is -0.936. The predicted octanol–water partition coefficient (Wildman–Crippen LogP) is 0.866. The van der Waals surface area contributed by atoms with E-state index in [1.165, 1.54) is 18.2 Å². The van der Waals surface area contributed by atoms with Crippen LogP contribution in [0.15, 0.2) is 29.2 Å². The summed E-state index contributed by atoms with van der Waals surface area (Å²) in [4.78, 5) is 13.2. The van der Waals surface area contributed by atoms with Gasteiger partial charge in [-0.25, -0.2) is 17.5 Å². The number of nitrogens with one attached hydrogen (secondary N) is 1. The summed E-state index contributed by atoms with van der Waals surface area (Å²) in [6, 6.07) is 5.25. The molecule has 1 amide bonds. The zero-order chi connectivity index (χ0) is 16.2. The van der Waals surface area contributed by atoms with Crippen LogP contribution in [0, 0.1) is 5.82 Å². The molecule has 0 bridgehead atoms. The van der Waals surface area contributed by atoms with Gasteiger partial charge in [0, 0.05) is 32.1 Å². The van der Waals surface area contributed by atoms with Crippen molar-refractivity contribution in [3.8, 4) is 0 Å². The van der Waals surface area contributed by atoms with Crippen molar-refractivity contribution in [1.82, 2.24) is 9.62 Å². The van der Waals surface area contributed by atoms with Gasteiger partial charge in [0.1, 0.15) is 10.7 Å². The molecule has 0 radical (unpaired) electrons. The number of halogens is 2. The van der Waals surface area contributed by atoms with Crippen LogP contribution >= 0.6 is 12.4 Å². The van der Waals surface area contributed by atoms with E-state index in [1.807, 2.05) is 0 Å². The van der Waals surface area contributed by atoms with Gasteiger partial charge in [-0.15, -0.1) is 12.4 Å². The molecule has 1 aromatic carbocycles. The summed E-state index contributed by atoms with van der Waals surface area (Å²) in [5, 5.41) is 0. The predicted molar refractivity (Wildman–Crippen MR) is 87.2 cm³/mol. The van der Waals surface area contributed by atoms with Crippen LogP contribution in [-0.2, 0) is 14.8 Å². The number of hydrogen-bond acceptors (Lipinski definition) is 4. The minimum absolute atomic E-state index is 0. The Morgan fingerprint density at radius 2 is 1.91 bits per heavy atom. The first-order valence-corrected chi connectivity index (χ1v) is 8.66. The smallest absolute Gasteiger partial charge is 0.243 e. The van der Waals surface area contributed by atoms with Gasteiger partial charge in [0.25, 0.3) is 0 Å². The Labute approximate surface area is 141 Å². The molecule has 0 spiro atoms. The van der Waals surface area contributed by atoms with Gasteiger partial charge in [-0.1, -0.05) is 12.1 Å². The van der Waals surface area contributed by atoms with Gasteiger partial charge in [-0.05, 0) is 25.0 Å². The van der Waals surface area contributed by atoms with Crippen molar-refractivity contribution in [3.05, 3.63) is 30.1 Å². The van der Waals surface area contributed by atoms with E-state index in [9.17, 15) is 17.6 Å². The number of sulfonamides is 1. The lowest BCUT2D eigenvalue weighted by molar-refractivity contribution is -0.132. The van der Waals surface area contributed by atoms with Gasteiger partial charge in [0.05, 0.1) is 0 Å². The van der Waals surface area contributed by atoms with Crippen LogP contribution in [0.2, 0.25) is 0 Å². The molecule has 0 saturated carbocycles. The summed E-state index contributed by atoms with van der Waals surface area (Å²) < 4.78 is 39.7. The number of benzene rings is 1. The number of piperidine rings is 1. The molecule has 1 heterocycles. The van der Waals surface area contributed by atoms with Crippen molar-refractivity contribution < 1.29 is 17.6 Å². The Balaban J connectivity index is 0.00000264. The number of likely N-dealkylation sites (tertiary alicyclic amines) is 1. The van der Waals surface area contributed by atoms with Crippen LogP contribution in [-0.4, -0.2) is 44.9 Å². The maximum atomic E-state index is 13.5. The van der Waals surface area contributed by atoms with Crippen LogP contribution < -0.4 is 10.5 Å². The Morgan fingerprint density at radius 3 is 2.52 bits per heavy atom. The first kappa shape index (κ1) is 19.8. The lowest BCUT2D eigenvalue weighted by Gasteiger charge is -2.30. The number of carbonyl (C=O) groups excluding carboxylic acids is 1. The minimum atomic E-state index is -3.94. The molecule has 1 aliphatic heterocycles. The lowest BCUT2D eigenvalue weighted by Crippen LogP contribution is -2.43. The van der Waals surface area contributed by atoms with Gasteiger partial charge in [-0.2, -0.15) is 0 Å². The highest BCUT2D eigenvalue weighted by atomic mass is 35.5. The quantitative estimate of drug-likeness (QED) is 0.809. The van der Waals surface area contributed by atoms with E-state index in [0.717, 1.165) is 18.9 Å². The first-order chi connectivity index (χ1) is 10.4. The molecule has 2 rings (SSSR count). The topological polar surface area (TPSA) is 92.5 Å². The van der Waals surface area contributed by atoms with E-state index in [4.69, 9.17) is 5.73 Å². The van der Waals surface area contributed by atoms with Crippen molar-refractivity contribution in [1.29, 1.82) is 0 Å². The molecule has 0 unspecified atom stereocenters. The molecule has 0 aliphatic carbocycles. The van der Waals surface area contributed by atoms with E-state index in [0.29, 0.717) is 13.1 Å².